The number of esters is 1. The molecule has 4 nitrogen and oxygen atoms in total. The third-order valence-corrected chi connectivity index (χ3v) is 3.94. The van der Waals surface area contributed by atoms with Gasteiger partial charge in [-0.05, 0) is 45.4 Å². The summed E-state index contributed by atoms with van der Waals surface area (Å²) in [7, 11) is 0. The third-order valence-electron chi connectivity index (χ3n) is 3.94. The minimum atomic E-state index is -0.587. The third kappa shape index (κ3) is 5.11. The van der Waals surface area contributed by atoms with E-state index in [-0.39, 0.29) is 5.97 Å². The Morgan fingerprint density at radius 2 is 2.00 bits per heavy atom. The van der Waals surface area contributed by atoms with Crippen LogP contribution in [0.2, 0.25) is 0 Å². The molecule has 2 aliphatic carbocycles. The molecule has 0 aromatic heterocycles. The standard InChI is InChI=1S/C15H27NO3/c1-3-19-14(17)15(2,16-13-6-7-13)9-11-18-10-8-12-4-5-12/h12-13,16H,3-11H2,1-2H3. The second kappa shape index (κ2) is 6.71. The van der Waals surface area contributed by atoms with E-state index in [0.29, 0.717) is 25.7 Å². The predicted molar refractivity (Wildman–Crippen MR) is 74.0 cm³/mol. The Morgan fingerprint density at radius 3 is 2.58 bits per heavy atom. The molecule has 2 aliphatic rings. The molecule has 1 atom stereocenters. The van der Waals surface area contributed by atoms with Gasteiger partial charge in [-0.3, -0.25) is 10.1 Å². The van der Waals surface area contributed by atoms with E-state index in [1.165, 1.54) is 19.3 Å². The molecule has 110 valence electrons. The lowest BCUT2D eigenvalue weighted by atomic mass is 9.98. The summed E-state index contributed by atoms with van der Waals surface area (Å²) in [5.74, 6) is 0.758. The average molecular weight is 269 g/mol. The van der Waals surface area contributed by atoms with Crippen LogP contribution in [-0.4, -0.2) is 37.4 Å². The zero-order chi connectivity index (χ0) is 13.7. The fourth-order valence-corrected chi connectivity index (χ4v) is 2.24. The van der Waals surface area contributed by atoms with Gasteiger partial charge in [-0.1, -0.05) is 12.8 Å². The molecule has 2 saturated carbocycles. The van der Waals surface area contributed by atoms with Gasteiger partial charge in [-0.2, -0.15) is 0 Å². The maximum absolute atomic E-state index is 12.1. The molecule has 0 aliphatic heterocycles. The van der Waals surface area contributed by atoms with Crippen LogP contribution in [0.3, 0.4) is 0 Å². The van der Waals surface area contributed by atoms with Crippen LogP contribution in [0.15, 0.2) is 0 Å². The minimum absolute atomic E-state index is 0.146. The van der Waals surface area contributed by atoms with Crippen LogP contribution in [0.4, 0.5) is 0 Å². The lowest BCUT2D eigenvalue weighted by Gasteiger charge is -2.28. The number of hydrogen-bond donors (Lipinski definition) is 1. The number of carbonyl (C=O) groups excluding carboxylic acids is 1. The molecule has 0 radical (unpaired) electrons. The molecular formula is C15H27NO3. The summed E-state index contributed by atoms with van der Waals surface area (Å²) in [5.41, 5.74) is -0.587. The zero-order valence-electron chi connectivity index (χ0n) is 12.2. The van der Waals surface area contributed by atoms with Gasteiger partial charge in [0.1, 0.15) is 5.54 Å². The molecule has 1 unspecified atom stereocenters. The first-order valence-electron chi connectivity index (χ1n) is 7.66. The van der Waals surface area contributed by atoms with Crippen LogP contribution in [0, 0.1) is 5.92 Å². The van der Waals surface area contributed by atoms with Gasteiger partial charge in [0.15, 0.2) is 0 Å². The van der Waals surface area contributed by atoms with E-state index in [1.807, 2.05) is 13.8 Å². The Bertz CT molecular complexity index is 300. The lowest BCUT2D eigenvalue weighted by molar-refractivity contribution is -0.151. The summed E-state index contributed by atoms with van der Waals surface area (Å²) in [4.78, 5) is 12.1. The van der Waals surface area contributed by atoms with Crippen LogP contribution in [0.25, 0.3) is 0 Å². The fraction of sp³-hybridized carbons (Fsp3) is 0.933. The van der Waals surface area contributed by atoms with E-state index in [9.17, 15) is 4.79 Å². The van der Waals surface area contributed by atoms with Gasteiger partial charge >= 0.3 is 5.97 Å². The van der Waals surface area contributed by atoms with Crippen molar-refractivity contribution in [3.8, 4) is 0 Å². The summed E-state index contributed by atoms with van der Waals surface area (Å²) in [6.45, 7) is 5.67. The summed E-state index contributed by atoms with van der Waals surface area (Å²) >= 11 is 0. The Hall–Kier alpha value is -0.610. The SMILES string of the molecule is CCOC(=O)C(C)(CCOCCC1CC1)NC1CC1. The molecule has 0 aromatic rings. The molecule has 0 bridgehead atoms. The van der Waals surface area contributed by atoms with E-state index in [0.717, 1.165) is 25.4 Å². The number of nitrogens with one attached hydrogen (secondary N) is 1. The minimum Gasteiger partial charge on any atom is -0.465 e. The van der Waals surface area contributed by atoms with Crippen molar-refractivity contribution >= 4 is 5.97 Å². The van der Waals surface area contributed by atoms with Crippen molar-refractivity contribution in [2.75, 3.05) is 19.8 Å². The smallest absolute Gasteiger partial charge is 0.326 e. The zero-order valence-corrected chi connectivity index (χ0v) is 12.2. The quantitative estimate of drug-likeness (QED) is 0.488. The summed E-state index contributed by atoms with van der Waals surface area (Å²) in [6.07, 6.45) is 6.93. The van der Waals surface area contributed by atoms with Gasteiger partial charge in [0.2, 0.25) is 0 Å². The van der Waals surface area contributed by atoms with E-state index in [1.54, 1.807) is 0 Å². The van der Waals surface area contributed by atoms with Gasteiger partial charge in [-0.15, -0.1) is 0 Å². The average Bonchev–Trinajstić information content (AvgIpc) is 3.23. The van der Waals surface area contributed by atoms with E-state index < -0.39 is 5.54 Å². The van der Waals surface area contributed by atoms with Gasteiger partial charge in [0, 0.05) is 19.3 Å². The van der Waals surface area contributed by atoms with Crippen molar-refractivity contribution in [1.82, 2.24) is 5.32 Å². The largest absolute Gasteiger partial charge is 0.465 e. The van der Waals surface area contributed by atoms with Crippen LogP contribution in [-0.2, 0) is 14.3 Å². The normalized spacial score (nSPS) is 22.0. The van der Waals surface area contributed by atoms with Crippen LogP contribution in [0.1, 0.15) is 52.4 Å². The van der Waals surface area contributed by atoms with Crippen molar-refractivity contribution in [2.24, 2.45) is 5.92 Å². The number of hydrogen-bond acceptors (Lipinski definition) is 4. The van der Waals surface area contributed by atoms with Crippen molar-refractivity contribution < 1.29 is 14.3 Å². The van der Waals surface area contributed by atoms with Crippen LogP contribution >= 0.6 is 0 Å². The van der Waals surface area contributed by atoms with Crippen molar-refractivity contribution in [2.45, 2.75) is 64.0 Å². The number of rotatable bonds is 10. The molecule has 0 spiro atoms. The number of ether oxygens (including phenoxy) is 2. The fourth-order valence-electron chi connectivity index (χ4n) is 2.24. The van der Waals surface area contributed by atoms with Gasteiger partial charge < -0.3 is 9.47 Å². The highest BCUT2D eigenvalue weighted by Gasteiger charge is 2.39. The molecule has 2 rings (SSSR count). The molecular weight excluding hydrogens is 242 g/mol. The molecule has 19 heavy (non-hydrogen) atoms. The highest BCUT2D eigenvalue weighted by molar-refractivity contribution is 5.80. The molecule has 4 heteroatoms. The summed E-state index contributed by atoms with van der Waals surface area (Å²) in [6, 6.07) is 0.487. The van der Waals surface area contributed by atoms with Crippen molar-refractivity contribution in [1.29, 1.82) is 0 Å². The second-order valence-electron chi connectivity index (χ2n) is 6.07. The van der Waals surface area contributed by atoms with E-state index in [4.69, 9.17) is 9.47 Å². The van der Waals surface area contributed by atoms with Crippen molar-refractivity contribution in [3.63, 3.8) is 0 Å². The van der Waals surface area contributed by atoms with Gasteiger partial charge in [0.05, 0.1) is 6.61 Å². The Labute approximate surface area is 116 Å². The Kier molecular flexibility index (Phi) is 5.22. The van der Waals surface area contributed by atoms with Gasteiger partial charge in [-0.25, -0.2) is 0 Å². The van der Waals surface area contributed by atoms with Crippen molar-refractivity contribution in [3.05, 3.63) is 0 Å². The molecule has 1 N–H and O–H groups in total. The maximum Gasteiger partial charge on any atom is 0.326 e. The predicted octanol–water partition coefficient (Wildman–Crippen LogP) is 2.27. The first-order chi connectivity index (χ1) is 9.14. The first kappa shape index (κ1) is 14.8. The number of carbonyl (C=O) groups is 1. The van der Waals surface area contributed by atoms with Gasteiger partial charge in [0.25, 0.3) is 0 Å². The summed E-state index contributed by atoms with van der Waals surface area (Å²) in [5, 5.41) is 3.41. The Morgan fingerprint density at radius 1 is 1.26 bits per heavy atom. The maximum atomic E-state index is 12.1. The molecule has 0 aromatic carbocycles. The van der Waals surface area contributed by atoms with E-state index in [2.05, 4.69) is 5.32 Å². The molecule has 0 saturated heterocycles. The molecule has 0 amide bonds. The summed E-state index contributed by atoms with van der Waals surface area (Å²) < 4.78 is 10.8. The monoisotopic (exact) mass is 269 g/mol. The lowest BCUT2D eigenvalue weighted by Crippen LogP contribution is -2.52. The highest BCUT2D eigenvalue weighted by Crippen LogP contribution is 2.32. The molecule has 0 heterocycles. The molecule has 2 fully saturated rings. The van der Waals surface area contributed by atoms with E-state index >= 15 is 0 Å². The van der Waals surface area contributed by atoms with Crippen LogP contribution < -0.4 is 5.32 Å². The first-order valence-corrected chi connectivity index (χ1v) is 7.66. The highest BCUT2D eigenvalue weighted by atomic mass is 16.5. The Balaban J connectivity index is 1.69. The second-order valence-corrected chi connectivity index (χ2v) is 6.07. The van der Waals surface area contributed by atoms with Crippen LogP contribution in [0.5, 0.6) is 0 Å². The topological polar surface area (TPSA) is 47.6 Å².